The van der Waals surface area contributed by atoms with Crippen LogP contribution in [0.25, 0.3) is 10.2 Å². The number of benzene rings is 2. The van der Waals surface area contributed by atoms with Crippen molar-refractivity contribution < 1.29 is 14.3 Å². The van der Waals surface area contributed by atoms with Crippen molar-refractivity contribution in [2.75, 3.05) is 12.9 Å². The van der Waals surface area contributed by atoms with Gasteiger partial charge in [-0.15, -0.1) is 11.8 Å². The SMILES string of the molecule is COC(=O)Cn1c(=NC(=O)CCCSc2ccccc2)sc2cc(C)ccc21. The average Bonchev–Trinajstić information content (AvgIpc) is 3.01. The molecular formula is C21H22N2O3S2. The summed E-state index contributed by atoms with van der Waals surface area (Å²) < 4.78 is 7.54. The van der Waals surface area contributed by atoms with Gasteiger partial charge in [0.15, 0.2) is 4.80 Å². The summed E-state index contributed by atoms with van der Waals surface area (Å²) in [4.78, 5) is 30.2. The number of ether oxygens (including phenoxy) is 1. The summed E-state index contributed by atoms with van der Waals surface area (Å²) in [5, 5.41) is 0. The van der Waals surface area contributed by atoms with Crippen LogP contribution in [-0.2, 0) is 20.9 Å². The zero-order valence-corrected chi connectivity index (χ0v) is 17.5. The number of methoxy groups -OCH3 is 1. The first-order valence-corrected chi connectivity index (χ1v) is 10.8. The number of hydrogen-bond donors (Lipinski definition) is 0. The largest absolute Gasteiger partial charge is 0.468 e. The Bertz CT molecular complexity index is 1040. The van der Waals surface area contributed by atoms with E-state index in [1.54, 1.807) is 16.3 Å². The Kier molecular flexibility index (Phi) is 7.06. The first-order valence-electron chi connectivity index (χ1n) is 8.99. The Morgan fingerprint density at radius 1 is 1.18 bits per heavy atom. The summed E-state index contributed by atoms with van der Waals surface area (Å²) in [7, 11) is 1.36. The number of esters is 1. The molecule has 0 aliphatic carbocycles. The molecule has 1 amide bonds. The second kappa shape index (κ2) is 9.71. The van der Waals surface area contributed by atoms with Crippen LogP contribution < -0.4 is 4.80 Å². The molecule has 7 heteroatoms. The topological polar surface area (TPSA) is 60.7 Å². The first kappa shape index (κ1) is 20.4. The lowest BCUT2D eigenvalue weighted by atomic mass is 10.2. The molecule has 0 radical (unpaired) electrons. The molecule has 0 unspecified atom stereocenters. The molecule has 0 spiro atoms. The molecule has 0 atom stereocenters. The Labute approximate surface area is 172 Å². The number of carbonyl (C=O) groups excluding carboxylic acids is 2. The molecule has 3 aromatic rings. The molecular weight excluding hydrogens is 392 g/mol. The van der Waals surface area contributed by atoms with Crippen LogP contribution in [0.3, 0.4) is 0 Å². The summed E-state index contributed by atoms with van der Waals surface area (Å²) in [5.41, 5.74) is 2.00. The van der Waals surface area contributed by atoms with Crippen LogP contribution in [0.2, 0.25) is 0 Å². The van der Waals surface area contributed by atoms with E-state index in [-0.39, 0.29) is 18.4 Å². The van der Waals surface area contributed by atoms with E-state index in [0.717, 1.165) is 28.0 Å². The smallest absolute Gasteiger partial charge is 0.325 e. The van der Waals surface area contributed by atoms with Crippen LogP contribution in [0, 0.1) is 6.92 Å². The number of aryl methyl sites for hydroxylation is 1. The van der Waals surface area contributed by atoms with E-state index in [4.69, 9.17) is 4.74 Å². The van der Waals surface area contributed by atoms with Crippen LogP contribution in [0.4, 0.5) is 0 Å². The van der Waals surface area contributed by atoms with Gasteiger partial charge in [-0.1, -0.05) is 35.6 Å². The quantitative estimate of drug-likeness (QED) is 0.330. The summed E-state index contributed by atoms with van der Waals surface area (Å²) in [5.74, 6) is 0.322. The summed E-state index contributed by atoms with van der Waals surface area (Å²) in [6, 6.07) is 16.1. The maximum Gasteiger partial charge on any atom is 0.325 e. The van der Waals surface area contributed by atoms with Crippen molar-refractivity contribution in [1.82, 2.24) is 4.57 Å². The summed E-state index contributed by atoms with van der Waals surface area (Å²) >= 11 is 3.15. The van der Waals surface area contributed by atoms with Gasteiger partial charge in [0.2, 0.25) is 5.91 Å². The number of aromatic nitrogens is 1. The molecule has 1 aromatic heterocycles. The first-order chi connectivity index (χ1) is 13.6. The van der Waals surface area contributed by atoms with E-state index in [9.17, 15) is 9.59 Å². The van der Waals surface area contributed by atoms with E-state index in [0.29, 0.717) is 11.2 Å². The summed E-state index contributed by atoms with van der Waals surface area (Å²) in [6.07, 6.45) is 1.13. The highest BCUT2D eigenvalue weighted by Crippen LogP contribution is 2.20. The van der Waals surface area contributed by atoms with E-state index in [1.165, 1.54) is 23.3 Å². The Morgan fingerprint density at radius 3 is 2.71 bits per heavy atom. The third-order valence-electron chi connectivity index (χ3n) is 4.12. The number of thiazole rings is 1. The maximum absolute atomic E-state index is 12.4. The average molecular weight is 415 g/mol. The number of thioether (sulfide) groups is 1. The molecule has 146 valence electrons. The highest BCUT2D eigenvalue weighted by Gasteiger charge is 2.12. The monoisotopic (exact) mass is 414 g/mol. The number of carbonyl (C=O) groups is 2. The number of nitrogens with zero attached hydrogens (tertiary/aromatic N) is 2. The van der Waals surface area contributed by atoms with Crippen LogP contribution in [0.5, 0.6) is 0 Å². The molecule has 5 nitrogen and oxygen atoms in total. The highest BCUT2D eigenvalue weighted by molar-refractivity contribution is 7.99. The molecule has 0 aliphatic heterocycles. The van der Waals surface area contributed by atoms with E-state index in [2.05, 4.69) is 17.1 Å². The fourth-order valence-corrected chi connectivity index (χ4v) is 4.72. The predicted octanol–water partition coefficient (Wildman–Crippen LogP) is 4.18. The third kappa shape index (κ3) is 5.33. The molecule has 0 fully saturated rings. The molecule has 0 bridgehead atoms. The van der Waals surface area contributed by atoms with Crippen molar-refractivity contribution in [3.63, 3.8) is 0 Å². The minimum absolute atomic E-state index is 0.0372. The number of hydrogen-bond acceptors (Lipinski definition) is 5. The number of rotatable bonds is 7. The van der Waals surface area contributed by atoms with Gasteiger partial charge in [0.25, 0.3) is 0 Å². The van der Waals surface area contributed by atoms with Gasteiger partial charge in [0, 0.05) is 11.3 Å². The Morgan fingerprint density at radius 2 is 1.96 bits per heavy atom. The second-order valence-electron chi connectivity index (χ2n) is 6.29. The zero-order valence-electron chi connectivity index (χ0n) is 15.9. The van der Waals surface area contributed by atoms with Gasteiger partial charge in [-0.05, 0) is 48.9 Å². The lowest BCUT2D eigenvalue weighted by molar-refractivity contribution is -0.141. The zero-order chi connectivity index (χ0) is 19.9. The van der Waals surface area contributed by atoms with Crippen LogP contribution in [0.1, 0.15) is 18.4 Å². The van der Waals surface area contributed by atoms with Crippen LogP contribution in [0.15, 0.2) is 58.4 Å². The Hall–Kier alpha value is -2.38. The lowest BCUT2D eigenvalue weighted by Crippen LogP contribution is -2.22. The van der Waals surface area contributed by atoms with Crippen molar-refractivity contribution in [1.29, 1.82) is 0 Å². The van der Waals surface area contributed by atoms with Gasteiger partial charge < -0.3 is 9.30 Å². The van der Waals surface area contributed by atoms with Crippen molar-refractivity contribution >= 4 is 45.2 Å². The van der Waals surface area contributed by atoms with Crippen LogP contribution >= 0.6 is 23.1 Å². The number of fused-ring (bicyclic) bond motifs is 1. The van der Waals surface area contributed by atoms with Crippen LogP contribution in [-0.4, -0.2) is 29.3 Å². The summed E-state index contributed by atoms with van der Waals surface area (Å²) in [6.45, 7) is 2.05. The van der Waals surface area contributed by atoms with E-state index >= 15 is 0 Å². The molecule has 0 saturated heterocycles. The third-order valence-corrected chi connectivity index (χ3v) is 6.26. The minimum Gasteiger partial charge on any atom is -0.468 e. The maximum atomic E-state index is 12.4. The fourth-order valence-electron chi connectivity index (χ4n) is 2.70. The normalized spacial score (nSPS) is 11.7. The van der Waals surface area contributed by atoms with Gasteiger partial charge >= 0.3 is 5.97 Å². The highest BCUT2D eigenvalue weighted by atomic mass is 32.2. The van der Waals surface area contributed by atoms with Gasteiger partial charge in [-0.2, -0.15) is 4.99 Å². The van der Waals surface area contributed by atoms with Gasteiger partial charge in [-0.3, -0.25) is 9.59 Å². The molecule has 0 N–H and O–H groups in total. The van der Waals surface area contributed by atoms with Crippen molar-refractivity contribution in [2.24, 2.45) is 4.99 Å². The van der Waals surface area contributed by atoms with Gasteiger partial charge in [0.05, 0.1) is 17.3 Å². The van der Waals surface area contributed by atoms with E-state index < -0.39 is 0 Å². The van der Waals surface area contributed by atoms with Crippen molar-refractivity contribution in [3.05, 3.63) is 58.9 Å². The Balaban J connectivity index is 1.73. The minimum atomic E-state index is -0.367. The van der Waals surface area contributed by atoms with Crippen molar-refractivity contribution in [2.45, 2.75) is 31.2 Å². The predicted molar refractivity (Wildman–Crippen MR) is 114 cm³/mol. The molecule has 0 saturated carbocycles. The molecule has 3 rings (SSSR count). The molecule has 1 heterocycles. The molecule has 0 aliphatic rings. The van der Waals surface area contributed by atoms with Crippen molar-refractivity contribution in [3.8, 4) is 0 Å². The lowest BCUT2D eigenvalue weighted by Gasteiger charge is -2.04. The van der Waals surface area contributed by atoms with Gasteiger partial charge in [-0.25, -0.2) is 0 Å². The molecule has 2 aromatic carbocycles. The van der Waals surface area contributed by atoms with Gasteiger partial charge in [0.1, 0.15) is 6.54 Å². The molecule has 28 heavy (non-hydrogen) atoms. The standard InChI is InChI=1S/C21H22N2O3S2/c1-15-10-11-17-18(13-15)28-21(23(17)14-20(25)26-2)22-19(24)9-6-12-27-16-7-4-3-5-8-16/h3-5,7-8,10-11,13H,6,9,12,14H2,1-2H3. The number of amides is 1. The fraction of sp³-hybridized carbons (Fsp3) is 0.286. The van der Waals surface area contributed by atoms with E-state index in [1.807, 2.05) is 43.3 Å². The second-order valence-corrected chi connectivity index (χ2v) is 8.47.